The quantitative estimate of drug-likeness (QED) is 0.796. The van der Waals surface area contributed by atoms with Gasteiger partial charge in [-0.25, -0.2) is 0 Å². The van der Waals surface area contributed by atoms with Gasteiger partial charge in [0, 0.05) is 33.3 Å². The van der Waals surface area contributed by atoms with Gasteiger partial charge in [0.15, 0.2) is 0 Å². The fourth-order valence-corrected chi connectivity index (χ4v) is 3.45. The molecule has 0 saturated carbocycles. The van der Waals surface area contributed by atoms with E-state index < -0.39 is 0 Å². The standard InChI is InChI=1S/C14H20N4O3/c1-16-8-10(7-15-16)18-12-5-6-17(14(20)9-21-2)11(12)3-4-13(18)19/h7-8,11-12H,3-6,9H2,1-2H3/t11-,12+/m1/s1. The van der Waals surface area contributed by atoms with Crippen LogP contribution in [0.15, 0.2) is 12.4 Å². The van der Waals surface area contributed by atoms with Crippen LogP contribution in [0.4, 0.5) is 5.69 Å². The molecule has 2 aliphatic rings. The maximum absolute atomic E-state index is 12.3. The number of carbonyl (C=O) groups is 2. The van der Waals surface area contributed by atoms with E-state index >= 15 is 0 Å². The van der Waals surface area contributed by atoms with Crippen molar-refractivity contribution in [3.05, 3.63) is 12.4 Å². The van der Waals surface area contributed by atoms with Gasteiger partial charge in [0.1, 0.15) is 6.61 Å². The molecule has 3 heterocycles. The van der Waals surface area contributed by atoms with Gasteiger partial charge in [-0.05, 0) is 12.8 Å². The van der Waals surface area contributed by atoms with E-state index in [-0.39, 0.29) is 30.5 Å². The molecule has 0 bridgehead atoms. The van der Waals surface area contributed by atoms with Gasteiger partial charge in [0.05, 0.1) is 24.0 Å². The zero-order chi connectivity index (χ0) is 15.0. The summed E-state index contributed by atoms with van der Waals surface area (Å²) in [5, 5.41) is 4.15. The van der Waals surface area contributed by atoms with Gasteiger partial charge < -0.3 is 14.5 Å². The molecule has 2 fully saturated rings. The third-order valence-electron chi connectivity index (χ3n) is 4.32. The molecule has 0 radical (unpaired) electrons. The van der Waals surface area contributed by atoms with Crippen molar-refractivity contribution in [1.82, 2.24) is 14.7 Å². The van der Waals surface area contributed by atoms with Crippen LogP contribution in [-0.4, -0.2) is 58.8 Å². The number of rotatable bonds is 3. The number of likely N-dealkylation sites (tertiary alicyclic amines) is 1. The van der Waals surface area contributed by atoms with Crippen LogP contribution >= 0.6 is 0 Å². The number of piperidine rings is 1. The number of hydrogen-bond donors (Lipinski definition) is 0. The molecule has 1 aromatic rings. The highest BCUT2D eigenvalue weighted by Crippen LogP contribution is 2.34. The smallest absolute Gasteiger partial charge is 0.248 e. The van der Waals surface area contributed by atoms with Crippen molar-refractivity contribution in [1.29, 1.82) is 0 Å². The van der Waals surface area contributed by atoms with E-state index in [1.165, 1.54) is 7.11 Å². The number of anilines is 1. The van der Waals surface area contributed by atoms with E-state index in [0.717, 1.165) is 18.5 Å². The van der Waals surface area contributed by atoms with Crippen molar-refractivity contribution in [2.75, 3.05) is 25.2 Å². The maximum Gasteiger partial charge on any atom is 0.248 e. The number of hydrogen-bond acceptors (Lipinski definition) is 4. The Kier molecular flexibility index (Phi) is 3.67. The molecule has 2 aliphatic heterocycles. The third-order valence-corrected chi connectivity index (χ3v) is 4.32. The molecule has 2 saturated heterocycles. The van der Waals surface area contributed by atoms with Crippen LogP contribution in [0.1, 0.15) is 19.3 Å². The molecular weight excluding hydrogens is 272 g/mol. The molecule has 0 aromatic carbocycles. The summed E-state index contributed by atoms with van der Waals surface area (Å²) in [6, 6.07) is 0.141. The lowest BCUT2D eigenvalue weighted by Gasteiger charge is -2.39. The predicted molar refractivity (Wildman–Crippen MR) is 75.7 cm³/mol. The first-order valence-corrected chi connectivity index (χ1v) is 7.21. The summed E-state index contributed by atoms with van der Waals surface area (Å²) in [4.78, 5) is 28.1. The van der Waals surface area contributed by atoms with E-state index in [4.69, 9.17) is 4.74 Å². The minimum atomic E-state index is 0.00508. The number of methoxy groups -OCH3 is 1. The molecule has 3 rings (SSSR count). The highest BCUT2D eigenvalue weighted by Gasteiger charge is 2.45. The second-order valence-corrected chi connectivity index (χ2v) is 5.62. The van der Waals surface area contributed by atoms with E-state index in [1.807, 2.05) is 23.0 Å². The second kappa shape index (κ2) is 5.48. The van der Waals surface area contributed by atoms with E-state index in [0.29, 0.717) is 13.0 Å². The topological polar surface area (TPSA) is 67.7 Å². The van der Waals surface area contributed by atoms with Gasteiger partial charge in [0.2, 0.25) is 11.8 Å². The molecule has 2 atom stereocenters. The molecule has 0 spiro atoms. The van der Waals surface area contributed by atoms with Crippen LogP contribution in [0.25, 0.3) is 0 Å². The number of fused-ring (bicyclic) bond motifs is 1. The Balaban J connectivity index is 1.83. The maximum atomic E-state index is 12.3. The summed E-state index contributed by atoms with van der Waals surface area (Å²) in [5.41, 5.74) is 0.818. The first-order valence-electron chi connectivity index (χ1n) is 7.21. The monoisotopic (exact) mass is 292 g/mol. The Morgan fingerprint density at radius 2 is 2.24 bits per heavy atom. The summed E-state index contributed by atoms with van der Waals surface area (Å²) < 4.78 is 6.64. The van der Waals surface area contributed by atoms with Gasteiger partial charge in [-0.15, -0.1) is 0 Å². The first kappa shape index (κ1) is 14.1. The molecule has 7 heteroatoms. The summed E-state index contributed by atoms with van der Waals surface area (Å²) in [5.74, 6) is 0.121. The molecule has 1 aromatic heterocycles. The highest BCUT2D eigenvalue weighted by molar-refractivity contribution is 5.95. The molecule has 0 aliphatic carbocycles. The number of nitrogens with zero attached hydrogens (tertiary/aromatic N) is 4. The Hall–Kier alpha value is -1.89. The Morgan fingerprint density at radius 3 is 2.90 bits per heavy atom. The van der Waals surface area contributed by atoms with Gasteiger partial charge in [-0.1, -0.05) is 0 Å². The SMILES string of the molecule is COCC(=O)N1CC[C@H]2[C@H]1CCC(=O)N2c1cnn(C)c1. The van der Waals surface area contributed by atoms with Crippen molar-refractivity contribution in [2.45, 2.75) is 31.3 Å². The van der Waals surface area contributed by atoms with Crippen LogP contribution in [0.2, 0.25) is 0 Å². The summed E-state index contributed by atoms with van der Waals surface area (Å²) >= 11 is 0. The fourth-order valence-electron chi connectivity index (χ4n) is 3.45. The third kappa shape index (κ3) is 2.42. The lowest BCUT2D eigenvalue weighted by molar-refractivity contribution is -0.137. The number of aryl methyl sites for hydroxylation is 1. The van der Waals surface area contributed by atoms with Crippen LogP contribution in [0, 0.1) is 0 Å². The largest absolute Gasteiger partial charge is 0.375 e. The van der Waals surface area contributed by atoms with Gasteiger partial charge in [-0.2, -0.15) is 5.10 Å². The highest BCUT2D eigenvalue weighted by atomic mass is 16.5. The van der Waals surface area contributed by atoms with E-state index in [1.54, 1.807) is 10.9 Å². The zero-order valence-electron chi connectivity index (χ0n) is 12.4. The molecule has 114 valence electrons. The van der Waals surface area contributed by atoms with Gasteiger partial charge in [0.25, 0.3) is 0 Å². The van der Waals surface area contributed by atoms with Crippen molar-refractivity contribution >= 4 is 17.5 Å². The fraction of sp³-hybridized carbons (Fsp3) is 0.643. The normalized spacial score (nSPS) is 25.3. The number of ether oxygens (including phenoxy) is 1. The van der Waals surface area contributed by atoms with Crippen LogP contribution in [0.5, 0.6) is 0 Å². The minimum absolute atomic E-state index is 0.00508. The number of aromatic nitrogens is 2. The molecule has 0 unspecified atom stereocenters. The van der Waals surface area contributed by atoms with E-state index in [2.05, 4.69) is 5.10 Å². The average Bonchev–Trinajstić information content (AvgIpc) is 3.05. The van der Waals surface area contributed by atoms with Crippen molar-refractivity contribution in [3.63, 3.8) is 0 Å². The summed E-state index contributed by atoms with van der Waals surface area (Å²) in [6.07, 6.45) is 5.56. The first-order chi connectivity index (χ1) is 10.1. The lowest BCUT2D eigenvalue weighted by Crippen LogP contribution is -2.53. The van der Waals surface area contributed by atoms with Crippen molar-refractivity contribution < 1.29 is 14.3 Å². The van der Waals surface area contributed by atoms with Gasteiger partial charge in [-0.3, -0.25) is 14.3 Å². The van der Waals surface area contributed by atoms with Crippen molar-refractivity contribution in [2.24, 2.45) is 7.05 Å². The minimum Gasteiger partial charge on any atom is -0.375 e. The Morgan fingerprint density at radius 1 is 1.43 bits per heavy atom. The molecule has 7 nitrogen and oxygen atoms in total. The van der Waals surface area contributed by atoms with Crippen LogP contribution in [0.3, 0.4) is 0 Å². The Bertz CT molecular complexity index is 556. The van der Waals surface area contributed by atoms with Gasteiger partial charge >= 0.3 is 0 Å². The number of amides is 2. The van der Waals surface area contributed by atoms with Crippen LogP contribution < -0.4 is 4.90 Å². The van der Waals surface area contributed by atoms with Crippen molar-refractivity contribution in [3.8, 4) is 0 Å². The zero-order valence-corrected chi connectivity index (χ0v) is 12.4. The molecule has 2 amide bonds. The van der Waals surface area contributed by atoms with E-state index in [9.17, 15) is 9.59 Å². The lowest BCUT2D eigenvalue weighted by atomic mass is 9.96. The van der Waals surface area contributed by atoms with Crippen LogP contribution in [-0.2, 0) is 21.4 Å². The second-order valence-electron chi connectivity index (χ2n) is 5.62. The molecular formula is C14H20N4O3. The summed E-state index contributed by atoms with van der Waals surface area (Å²) in [7, 11) is 3.36. The summed E-state index contributed by atoms with van der Waals surface area (Å²) in [6.45, 7) is 0.783. The molecule has 0 N–H and O–H groups in total. The molecule has 21 heavy (non-hydrogen) atoms. The predicted octanol–water partition coefficient (Wildman–Crippen LogP) is 0.163. The Labute approximate surface area is 123 Å². The average molecular weight is 292 g/mol. The number of carbonyl (C=O) groups excluding carboxylic acids is 2.